The van der Waals surface area contributed by atoms with E-state index < -0.39 is 6.03 Å². The van der Waals surface area contributed by atoms with Crippen molar-refractivity contribution in [2.45, 2.75) is 38.9 Å². The highest BCUT2D eigenvalue weighted by Gasteiger charge is 2.25. The summed E-state index contributed by atoms with van der Waals surface area (Å²) in [5.41, 5.74) is 10.5. The van der Waals surface area contributed by atoms with Crippen molar-refractivity contribution in [2.75, 3.05) is 18.4 Å². The molecule has 0 radical (unpaired) electrons. The summed E-state index contributed by atoms with van der Waals surface area (Å²) in [6.07, 6.45) is 4.82. The average molecular weight is 532 g/mol. The molecule has 1 aliphatic rings. The second-order valence-electron chi connectivity index (χ2n) is 9.37. The zero-order chi connectivity index (χ0) is 26.6. The van der Waals surface area contributed by atoms with Crippen molar-refractivity contribution in [3.05, 3.63) is 77.1 Å². The van der Waals surface area contributed by atoms with Gasteiger partial charge < -0.3 is 21.3 Å². The average Bonchev–Trinajstić information content (AvgIpc) is 3.37. The lowest BCUT2D eigenvalue weighted by molar-refractivity contribution is 0.0951. The second kappa shape index (κ2) is 11.1. The molecule has 1 fully saturated rings. The van der Waals surface area contributed by atoms with Crippen molar-refractivity contribution in [3.8, 4) is 11.1 Å². The van der Waals surface area contributed by atoms with Gasteiger partial charge in [-0.25, -0.2) is 14.5 Å². The molecule has 4 N–H and O–H groups in total. The summed E-state index contributed by atoms with van der Waals surface area (Å²) in [4.78, 5) is 31.1. The van der Waals surface area contributed by atoms with E-state index in [-0.39, 0.29) is 11.9 Å². The van der Waals surface area contributed by atoms with E-state index in [0.717, 1.165) is 40.6 Å². The predicted molar refractivity (Wildman–Crippen MR) is 149 cm³/mol. The van der Waals surface area contributed by atoms with Crippen LogP contribution in [0.4, 0.5) is 10.5 Å². The number of aromatic nitrogens is 3. The van der Waals surface area contributed by atoms with E-state index in [2.05, 4.69) is 20.7 Å². The number of nitrogens with two attached hydrogens (primary N) is 1. The van der Waals surface area contributed by atoms with E-state index in [1.165, 1.54) is 0 Å². The van der Waals surface area contributed by atoms with E-state index in [1.54, 1.807) is 22.0 Å². The number of piperidine rings is 1. The topological polar surface area (TPSA) is 118 Å². The van der Waals surface area contributed by atoms with Crippen LogP contribution in [0.15, 0.2) is 60.9 Å². The molecule has 3 heterocycles. The minimum Gasteiger partial charge on any atom is -0.381 e. The quantitative estimate of drug-likeness (QED) is 0.320. The molecule has 196 valence electrons. The summed E-state index contributed by atoms with van der Waals surface area (Å²) in [6.45, 7) is 4.19. The molecule has 0 saturated carbocycles. The van der Waals surface area contributed by atoms with Crippen molar-refractivity contribution < 1.29 is 9.59 Å². The van der Waals surface area contributed by atoms with Gasteiger partial charge in [0.05, 0.1) is 22.8 Å². The van der Waals surface area contributed by atoms with Crippen molar-refractivity contribution in [2.24, 2.45) is 5.73 Å². The summed E-state index contributed by atoms with van der Waals surface area (Å²) >= 11 is 6.00. The molecular formula is C28H30ClN7O2. The number of urea groups is 1. The molecule has 0 atom stereocenters. The molecule has 0 bridgehead atoms. The van der Waals surface area contributed by atoms with Gasteiger partial charge in [0.25, 0.3) is 5.91 Å². The Kier molecular flexibility index (Phi) is 7.46. The largest absolute Gasteiger partial charge is 0.381 e. The summed E-state index contributed by atoms with van der Waals surface area (Å²) in [5, 5.41) is 12.5. The van der Waals surface area contributed by atoms with Gasteiger partial charge in [0.2, 0.25) is 0 Å². The Hall–Kier alpha value is -4.11. The number of benzene rings is 2. The maximum atomic E-state index is 13.4. The van der Waals surface area contributed by atoms with E-state index in [9.17, 15) is 9.59 Å². The molecule has 2 aromatic carbocycles. The number of hydrogen-bond acceptors (Lipinski definition) is 5. The molecule has 1 aliphatic heterocycles. The summed E-state index contributed by atoms with van der Waals surface area (Å²) in [5.74, 6) is -0.220. The summed E-state index contributed by atoms with van der Waals surface area (Å²) in [6, 6.07) is 15.5. The number of amides is 3. The van der Waals surface area contributed by atoms with Gasteiger partial charge >= 0.3 is 6.03 Å². The normalized spacial score (nSPS) is 14.0. The molecule has 9 nitrogen and oxygen atoms in total. The Morgan fingerprint density at radius 1 is 1.03 bits per heavy atom. The van der Waals surface area contributed by atoms with Gasteiger partial charge in [0.15, 0.2) is 5.65 Å². The standard InChI is InChI=1S/C28H30ClN7O2/c1-2-36-26-23(17-33-36)25(34-22-11-13-35(14-12-22)28(30)38)24(16-31-26)27(37)32-15-18-3-5-19(6-4-18)20-7-9-21(29)10-8-20/h3-10,16-17,22H,2,11-15H2,1H3,(H2,30,38)(H,31,34)(H,32,37). The first-order chi connectivity index (χ1) is 18.4. The van der Waals surface area contributed by atoms with Gasteiger partial charge in [-0.3, -0.25) is 4.79 Å². The molecule has 5 rings (SSSR count). The fourth-order valence-corrected chi connectivity index (χ4v) is 4.90. The van der Waals surface area contributed by atoms with Crippen LogP contribution in [0.25, 0.3) is 22.2 Å². The van der Waals surface area contributed by atoms with E-state index in [0.29, 0.717) is 42.5 Å². The van der Waals surface area contributed by atoms with Gasteiger partial charge in [-0.1, -0.05) is 48.0 Å². The molecule has 0 spiro atoms. The number of anilines is 1. The lowest BCUT2D eigenvalue weighted by Crippen LogP contribution is -2.44. The van der Waals surface area contributed by atoms with Crippen LogP contribution in [-0.4, -0.2) is 50.7 Å². The Balaban J connectivity index is 1.32. The van der Waals surface area contributed by atoms with Crippen LogP contribution in [0.2, 0.25) is 5.02 Å². The van der Waals surface area contributed by atoms with E-state index in [4.69, 9.17) is 17.3 Å². The Labute approximate surface area is 226 Å². The first-order valence-electron chi connectivity index (χ1n) is 12.7. The third-order valence-electron chi connectivity index (χ3n) is 6.95. The molecular weight excluding hydrogens is 502 g/mol. The minimum absolute atomic E-state index is 0.0909. The van der Waals surface area contributed by atoms with Gasteiger partial charge in [0.1, 0.15) is 0 Å². The van der Waals surface area contributed by atoms with E-state index in [1.807, 2.05) is 55.5 Å². The predicted octanol–water partition coefficient (Wildman–Crippen LogP) is 4.66. The maximum absolute atomic E-state index is 13.4. The number of aryl methyl sites for hydroxylation is 1. The number of carbonyl (C=O) groups is 2. The second-order valence-corrected chi connectivity index (χ2v) is 9.81. The van der Waals surface area contributed by atoms with Crippen molar-refractivity contribution in [3.63, 3.8) is 0 Å². The van der Waals surface area contributed by atoms with Crippen molar-refractivity contribution >= 4 is 40.3 Å². The van der Waals surface area contributed by atoms with Crippen LogP contribution in [0, 0.1) is 0 Å². The Morgan fingerprint density at radius 2 is 1.68 bits per heavy atom. The van der Waals surface area contributed by atoms with Crippen LogP contribution >= 0.6 is 11.6 Å². The fourth-order valence-electron chi connectivity index (χ4n) is 4.77. The molecule has 10 heteroatoms. The fraction of sp³-hybridized carbons (Fsp3) is 0.286. The number of hydrogen-bond donors (Lipinski definition) is 3. The van der Waals surface area contributed by atoms with Crippen LogP contribution < -0.4 is 16.4 Å². The number of primary amides is 1. The lowest BCUT2D eigenvalue weighted by atomic mass is 10.0. The van der Waals surface area contributed by atoms with E-state index >= 15 is 0 Å². The Bertz CT molecular complexity index is 1440. The number of rotatable bonds is 7. The molecule has 2 aromatic heterocycles. The minimum atomic E-state index is -0.403. The number of nitrogens with one attached hydrogen (secondary N) is 2. The number of carbonyl (C=O) groups excluding carboxylic acids is 2. The lowest BCUT2D eigenvalue weighted by Gasteiger charge is -2.32. The van der Waals surface area contributed by atoms with Crippen LogP contribution in [0.5, 0.6) is 0 Å². The van der Waals surface area contributed by atoms with Gasteiger partial charge in [0, 0.05) is 43.4 Å². The monoisotopic (exact) mass is 531 g/mol. The highest BCUT2D eigenvalue weighted by molar-refractivity contribution is 6.30. The third-order valence-corrected chi connectivity index (χ3v) is 7.20. The first kappa shape index (κ1) is 25.5. The maximum Gasteiger partial charge on any atom is 0.314 e. The highest BCUT2D eigenvalue weighted by atomic mass is 35.5. The molecule has 38 heavy (non-hydrogen) atoms. The summed E-state index contributed by atoms with van der Waals surface area (Å²) in [7, 11) is 0. The van der Waals surface area contributed by atoms with Crippen molar-refractivity contribution in [1.82, 2.24) is 25.0 Å². The number of likely N-dealkylation sites (tertiary alicyclic amines) is 1. The van der Waals surface area contributed by atoms with Crippen molar-refractivity contribution in [1.29, 1.82) is 0 Å². The zero-order valence-corrected chi connectivity index (χ0v) is 21.9. The third kappa shape index (κ3) is 5.43. The number of pyridine rings is 1. The number of halogens is 1. The zero-order valence-electron chi connectivity index (χ0n) is 21.2. The van der Waals surface area contributed by atoms with Gasteiger partial charge in [-0.05, 0) is 48.6 Å². The smallest absolute Gasteiger partial charge is 0.314 e. The molecule has 0 aliphatic carbocycles. The SMILES string of the molecule is CCn1ncc2c(NC3CCN(C(N)=O)CC3)c(C(=O)NCc3ccc(-c4ccc(Cl)cc4)cc3)cnc21. The molecule has 4 aromatic rings. The molecule has 1 saturated heterocycles. The van der Waals surface area contributed by atoms with Crippen LogP contribution in [0.3, 0.4) is 0 Å². The number of fused-ring (bicyclic) bond motifs is 1. The molecule has 3 amide bonds. The highest BCUT2D eigenvalue weighted by Crippen LogP contribution is 2.29. The van der Waals surface area contributed by atoms with Crippen LogP contribution in [0.1, 0.15) is 35.7 Å². The number of nitrogens with zero attached hydrogens (tertiary/aromatic N) is 4. The first-order valence-corrected chi connectivity index (χ1v) is 13.1. The van der Waals surface area contributed by atoms with Gasteiger partial charge in [-0.2, -0.15) is 5.10 Å². The van der Waals surface area contributed by atoms with Gasteiger partial charge in [-0.15, -0.1) is 0 Å². The summed E-state index contributed by atoms with van der Waals surface area (Å²) < 4.78 is 1.81. The Morgan fingerprint density at radius 3 is 2.32 bits per heavy atom. The van der Waals surface area contributed by atoms with Crippen LogP contribution in [-0.2, 0) is 13.1 Å². The molecule has 0 unspecified atom stereocenters.